The summed E-state index contributed by atoms with van der Waals surface area (Å²) in [6.07, 6.45) is 0. The number of anilines is 1. The van der Waals surface area contributed by atoms with E-state index in [4.69, 9.17) is 0 Å². The molecule has 0 spiro atoms. The van der Waals surface area contributed by atoms with Crippen molar-refractivity contribution < 1.29 is 4.79 Å². The van der Waals surface area contributed by atoms with E-state index in [1.165, 1.54) is 5.56 Å². The molecule has 0 atom stereocenters. The summed E-state index contributed by atoms with van der Waals surface area (Å²) in [6, 6.07) is 15.9. The lowest BCUT2D eigenvalue weighted by Gasteiger charge is -2.19. The molecule has 22 heavy (non-hydrogen) atoms. The molecular weight excluding hydrogens is 387 g/mol. The van der Waals surface area contributed by atoms with Crippen LogP contribution in [0, 0.1) is 3.57 Å². The Bertz CT molecular complexity index is 645. The molecule has 0 aromatic heterocycles. The largest absolute Gasteiger partial charge is 0.334 e. The van der Waals surface area contributed by atoms with E-state index >= 15 is 0 Å². The van der Waals surface area contributed by atoms with Crippen LogP contribution in [0.1, 0.15) is 31.9 Å². The summed E-state index contributed by atoms with van der Waals surface area (Å²) in [5, 5.41) is 5.72. The molecule has 0 unspecified atom stereocenters. The van der Waals surface area contributed by atoms with Crippen LogP contribution in [0.3, 0.4) is 0 Å². The second-order valence-electron chi connectivity index (χ2n) is 6.26. The Balaban J connectivity index is 1.89. The molecule has 0 bridgehead atoms. The van der Waals surface area contributed by atoms with Crippen LogP contribution in [0.15, 0.2) is 48.5 Å². The van der Waals surface area contributed by atoms with Gasteiger partial charge in [-0.1, -0.05) is 45.0 Å². The predicted octanol–water partition coefficient (Wildman–Crippen LogP) is 4.91. The van der Waals surface area contributed by atoms with Gasteiger partial charge in [0.25, 0.3) is 0 Å². The fourth-order valence-corrected chi connectivity index (χ4v) is 2.67. The first-order chi connectivity index (χ1) is 10.3. The third kappa shape index (κ3) is 5.02. The molecule has 2 amide bonds. The molecule has 2 rings (SSSR count). The Morgan fingerprint density at radius 2 is 1.77 bits per heavy atom. The number of halogens is 1. The van der Waals surface area contributed by atoms with Crippen molar-refractivity contribution in [1.29, 1.82) is 0 Å². The minimum Gasteiger partial charge on any atom is -0.334 e. The summed E-state index contributed by atoms with van der Waals surface area (Å²) in [4.78, 5) is 11.9. The van der Waals surface area contributed by atoms with Gasteiger partial charge >= 0.3 is 6.03 Å². The predicted molar refractivity (Wildman–Crippen MR) is 100 cm³/mol. The van der Waals surface area contributed by atoms with E-state index in [1.54, 1.807) is 0 Å². The van der Waals surface area contributed by atoms with Gasteiger partial charge in [-0.3, -0.25) is 0 Å². The fourth-order valence-electron chi connectivity index (χ4n) is 2.06. The minimum absolute atomic E-state index is 0.116. The normalized spacial score (nSPS) is 11.1. The van der Waals surface area contributed by atoms with E-state index in [0.717, 1.165) is 14.8 Å². The van der Waals surface area contributed by atoms with Gasteiger partial charge in [0, 0.05) is 15.8 Å². The molecule has 2 aromatic rings. The summed E-state index contributed by atoms with van der Waals surface area (Å²) < 4.78 is 1.16. The van der Waals surface area contributed by atoms with Crippen LogP contribution >= 0.6 is 22.6 Å². The summed E-state index contributed by atoms with van der Waals surface area (Å²) in [5.74, 6) is 0. The maximum atomic E-state index is 11.9. The Labute approximate surface area is 145 Å². The fraction of sp³-hybridized carbons (Fsp3) is 0.278. The van der Waals surface area contributed by atoms with Gasteiger partial charge in [-0.15, -0.1) is 0 Å². The zero-order valence-corrected chi connectivity index (χ0v) is 15.3. The van der Waals surface area contributed by atoms with Crippen molar-refractivity contribution in [3.05, 3.63) is 63.2 Å². The molecule has 0 aliphatic rings. The molecule has 0 aliphatic heterocycles. The minimum atomic E-state index is -0.192. The number of benzene rings is 2. The molecule has 4 heteroatoms. The van der Waals surface area contributed by atoms with Crippen molar-refractivity contribution in [2.75, 3.05) is 5.32 Å². The SMILES string of the molecule is CC(C)(C)c1ccc(NC(=O)NCc2cccc(I)c2)cc1. The number of nitrogens with one attached hydrogen (secondary N) is 2. The second kappa shape index (κ2) is 7.13. The zero-order valence-electron chi connectivity index (χ0n) is 13.1. The van der Waals surface area contributed by atoms with Gasteiger partial charge < -0.3 is 10.6 Å². The van der Waals surface area contributed by atoms with Gasteiger partial charge in [-0.25, -0.2) is 4.79 Å². The monoisotopic (exact) mass is 408 g/mol. The van der Waals surface area contributed by atoms with Crippen LogP contribution in [0.2, 0.25) is 0 Å². The van der Waals surface area contributed by atoms with E-state index in [2.05, 4.69) is 72.2 Å². The highest BCUT2D eigenvalue weighted by molar-refractivity contribution is 14.1. The smallest absolute Gasteiger partial charge is 0.319 e. The molecule has 0 heterocycles. The molecule has 3 nitrogen and oxygen atoms in total. The lowest BCUT2D eigenvalue weighted by atomic mass is 9.87. The molecule has 0 fully saturated rings. The Morgan fingerprint density at radius 1 is 1.09 bits per heavy atom. The number of urea groups is 1. The molecule has 0 saturated carbocycles. The Hall–Kier alpha value is -1.56. The highest BCUT2D eigenvalue weighted by Crippen LogP contribution is 2.23. The Morgan fingerprint density at radius 3 is 2.36 bits per heavy atom. The van der Waals surface area contributed by atoms with Crippen LogP contribution in [0.25, 0.3) is 0 Å². The van der Waals surface area contributed by atoms with Gasteiger partial charge in [0.15, 0.2) is 0 Å². The van der Waals surface area contributed by atoms with Gasteiger partial charge in [0.2, 0.25) is 0 Å². The molecular formula is C18H21IN2O. The van der Waals surface area contributed by atoms with Crippen LogP contribution < -0.4 is 10.6 Å². The van der Waals surface area contributed by atoms with Crippen molar-refractivity contribution in [1.82, 2.24) is 5.32 Å². The molecule has 116 valence electrons. The van der Waals surface area contributed by atoms with E-state index in [1.807, 2.05) is 30.3 Å². The van der Waals surface area contributed by atoms with Crippen molar-refractivity contribution in [3.8, 4) is 0 Å². The number of hydrogen-bond acceptors (Lipinski definition) is 1. The maximum absolute atomic E-state index is 11.9. The third-order valence-corrected chi connectivity index (χ3v) is 4.02. The lowest BCUT2D eigenvalue weighted by Crippen LogP contribution is -2.28. The first kappa shape index (κ1) is 16.8. The highest BCUT2D eigenvalue weighted by atomic mass is 127. The lowest BCUT2D eigenvalue weighted by molar-refractivity contribution is 0.251. The average molecular weight is 408 g/mol. The first-order valence-electron chi connectivity index (χ1n) is 7.24. The van der Waals surface area contributed by atoms with Crippen LogP contribution in [-0.2, 0) is 12.0 Å². The topological polar surface area (TPSA) is 41.1 Å². The van der Waals surface area contributed by atoms with E-state index in [9.17, 15) is 4.79 Å². The van der Waals surface area contributed by atoms with Crippen molar-refractivity contribution in [2.24, 2.45) is 0 Å². The van der Waals surface area contributed by atoms with Crippen molar-refractivity contribution in [2.45, 2.75) is 32.7 Å². The van der Waals surface area contributed by atoms with E-state index < -0.39 is 0 Å². The first-order valence-corrected chi connectivity index (χ1v) is 8.32. The third-order valence-electron chi connectivity index (χ3n) is 3.35. The van der Waals surface area contributed by atoms with Crippen molar-refractivity contribution >= 4 is 34.3 Å². The summed E-state index contributed by atoms with van der Waals surface area (Å²) >= 11 is 2.26. The van der Waals surface area contributed by atoms with Gasteiger partial charge in [0.05, 0.1) is 0 Å². The quantitative estimate of drug-likeness (QED) is 0.697. The average Bonchev–Trinajstić information content (AvgIpc) is 2.45. The van der Waals surface area contributed by atoms with E-state index in [-0.39, 0.29) is 11.4 Å². The number of carbonyl (C=O) groups excluding carboxylic acids is 1. The number of rotatable bonds is 3. The summed E-state index contributed by atoms with van der Waals surface area (Å²) in [7, 11) is 0. The van der Waals surface area contributed by atoms with Crippen LogP contribution in [-0.4, -0.2) is 6.03 Å². The number of amides is 2. The van der Waals surface area contributed by atoms with Crippen LogP contribution in [0.5, 0.6) is 0 Å². The number of carbonyl (C=O) groups is 1. The summed E-state index contributed by atoms with van der Waals surface area (Å²) in [5.41, 5.74) is 3.25. The highest BCUT2D eigenvalue weighted by Gasteiger charge is 2.13. The molecule has 2 N–H and O–H groups in total. The number of hydrogen-bond donors (Lipinski definition) is 2. The summed E-state index contributed by atoms with van der Waals surface area (Å²) in [6.45, 7) is 7.03. The Kier molecular flexibility index (Phi) is 5.45. The zero-order chi connectivity index (χ0) is 16.2. The van der Waals surface area contributed by atoms with E-state index in [0.29, 0.717) is 6.54 Å². The van der Waals surface area contributed by atoms with Crippen molar-refractivity contribution in [3.63, 3.8) is 0 Å². The molecule has 2 aromatic carbocycles. The molecule has 0 radical (unpaired) electrons. The molecule has 0 aliphatic carbocycles. The maximum Gasteiger partial charge on any atom is 0.319 e. The molecule has 0 saturated heterocycles. The van der Waals surface area contributed by atoms with Crippen LogP contribution in [0.4, 0.5) is 10.5 Å². The second-order valence-corrected chi connectivity index (χ2v) is 7.51. The van der Waals surface area contributed by atoms with Gasteiger partial charge in [-0.05, 0) is 63.4 Å². The standard InChI is InChI=1S/C18H21IN2O/c1-18(2,3)14-7-9-16(10-8-14)21-17(22)20-12-13-5-4-6-15(19)11-13/h4-11H,12H2,1-3H3,(H2,20,21,22). The van der Waals surface area contributed by atoms with Gasteiger partial charge in [-0.2, -0.15) is 0 Å². The van der Waals surface area contributed by atoms with Gasteiger partial charge in [0.1, 0.15) is 0 Å².